The number of nitrogen functional groups attached to an aromatic ring is 1. The summed E-state index contributed by atoms with van der Waals surface area (Å²) in [5.41, 5.74) is 6.27. The minimum atomic E-state index is -0.122. The minimum absolute atomic E-state index is 0.122. The van der Waals surface area contributed by atoms with Gasteiger partial charge < -0.3 is 21.1 Å². The van der Waals surface area contributed by atoms with E-state index in [2.05, 4.69) is 15.0 Å². The average molecular weight is 282 g/mol. The van der Waals surface area contributed by atoms with Crippen molar-refractivity contribution in [2.75, 3.05) is 24.2 Å². The highest BCUT2D eigenvalue weighted by Gasteiger charge is 2.27. The molecule has 1 aliphatic carbocycles. The number of nitrogens with zero attached hydrogens (tertiary/aromatic N) is 1. The zero-order valence-electron chi connectivity index (χ0n) is 10.6. The van der Waals surface area contributed by atoms with E-state index >= 15 is 0 Å². The van der Waals surface area contributed by atoms with Gasteiger partial charge in [0, 0.05) is 19.2 Å². The van der Waals surface area contributed by atoms with Gasteiger partial charge in [-0.2, -0.15) is 4.37 Å². The highest BCUT2D eigenvalue weighted by Crippen LogP contribution is 2.28. The number of anilines is 2. The molecule has 1 unspecified atom stereocenters. The van der Waals surface area contributed by atoms with E-state index in [1.165, 1.54) is 11.5 Å². The second kappa shape index (κ2) is 5.34. The molecule has 4 N–H and O–H groups in total. The van der Waals surface area contributed by atoms with Gasteiger partial charge in [0.15, 0.2) is 5.82 Å². The first-order valence-electron chi connectivity index (χ1n) is 6.65. The maximum atomic E-state index is 12.1. The SMILES string of the molecule is Nc1nsc(NCC2CCCO2)c1C(=O)NC1CC1. The molecule has 19 heavy (non-hydrogen) atoms. The van der Waals surface area contributed by atoms with Crippen LogP contribution in [-0.2, 0) is 4.74 Å². The molecule has 1 amide bonds. The molecule has 2 aliphatic rings. The lowest BCUT2D eigenvalue weighted by molar-refractivity contribution is 0.0952. The zero-order chi connectivity index (χ0) is 13.2. The van der Waals surface area contributed by atoms with Gasteiger partial charge in [-0.25, -0.2) is 0 Å². The summed E-state index contributed by atoms with van der Waals surface area (Å²) >= 11 is 1.23. The second-order valence-corrected chi connectivity index (χ2v) is 5.81. The fourth-order valence-corrected chi connectivity index (χ4v) is 2.86. The van der Waals surface area contributed by atoms with Gasteiger partial charge in [-0.05, 0) is 37.2 Å². The van der Waals surface area contributed by atoms with E-state index in [-0.39, 0.29) is 12.0 Å². The number of carbonyl (C=O) groups excluding carboxylic acids is 1. The maximum Gasteiger partial charge on any atom is 0.258 e. The first kappa shape index (κ1) is 12.7. The van der Waals surface area contributed by atoms with Crippen molar-refractivity contribution in [2.24, 2.45) is 0 Å². The first-order chi connectivity index (χ1) is 9.24. The number of ether oxygens (including phenoxy) is 1. The van der Waals surface area contributed by atoms with Crippen LogP contribution >= 0.6 is 11.5 Å². The molecule has 2 fully saturated rings. The molecular formula is C12H18N4O2S. The monoisotopic (exact) mass is 282 g/mol. The molecule has 0 spiro atoms. The van der Waals surface area contributed by atoms with Crippen LogP contribution in [0.25, 0.3) is 0 Å². The third-order valence-corrected chi connectivity index (χ3v) is 4.19. The lowest BCUT2D eigenvalue weighted by atomic mass is 10.2. The van der Waals surface area contributed by atoms with Crippen molar-refractivity contribution in [1.82, 2.24) is 9.69 Å². The summed E-state index contributed by atoms with van der Waals surface area (Å²) in [5, 5.41) is 6.92. The Labute approximate surface area is 115 Å². The van der Waals surface area contributed by atoms with Gasteiger partial charge in [-0.3, -0.25) is 4.79 Å². The summed E-state index contributed by atoms with van der Waals surface area (Å²) in [6.07, 6.45) is 4.50. The number of amides is 1. The number of nitrogens with one attached hydrogen (secondary N) is 2. The maximum absolute atomic E-state index is 12.1. The summed E-state index contributed by atoms with van der Waals surface area (Å²) < 4.78 is 9.61. The van der Waals surface area contributed by atoms with Crippen molar-refractivity contribution in [3.8, 4) is 0 Å². The van der Waals surface area contributed by atoms with Gasteiger partial charge in [0.05, 0.1) is 6.10 Å². The highest BCUT2D eigenvalue weighted by atomic mass is 32.1. The zero-order valence-corrected chi connectivity index (χ0v) is 11.5. The van der Waals surface area contributed by atoms with Gasteiger partial charge in [-0.15, -0.1) is 0 Å². The Balaban J connectivity index is 1.64. The molecule has 3 rings (SSSR count). The van der Waals surface area contributed by atoms with Crippen LogP contribution in [0.5, 0.6) is 0 Å². The van der Waals surface area contributed by atoms with E-state index in [0.717, 1.165) is 37.3 Å². The smallest absolute Gasteiger partial charge is 0.258 e. The molecule has 104 valence electrons. The summed E-state index contributed by atoms with van der Waals surface area (Å²) in [6, 6.07) is 0.317. The summed E-state index contributed by atoms with van der Waals surface area (Å²) in [5.74, 6) is 0.182. The number of carbonyl (C=O) groups is 1. The first-order valence-corrected chi connectivity index (χ1v) is 7.43. The van der Waals surface area contributed by atoms with Crippen molar-refractivity contribution >= 4 is 28.3 Å². The molecule has 7 heteroatoms. The molecule has 2 heterocycles. The third-order valence-electron chi connectivity index (χ3n) is 3.37. The largest absolute Gasteiger partial charge is 0.382 e. The van der Waals surface area contributed by atoms with Gasteiger partial charge in [-0.1, -0.05) is 0 Å². The molecule has 0 bridgehead atoms. The van der Waals surface area contributed by atoms with Crippen LogP contribution in [0.1, 0.15) is 36.0 Å². The summed E-state index contributed by atoms with van der Waals surface area (Å²) in [4.78, 5) is 12.1. The van der Waals surface area contributed by atoms with Gasteiger partial charge >= 0.3 is 0 Å². The van der Waals surface area contributed by atoms with Crippen LogP contribution in [0.15, 0.2) is 0 Å². The predicted molar refractivity (Wildman–Crippen MR) is 74.5 cm³/mol. The van der Waals surface area contributed by atoms with E-state index in [1.54, 1.807) is 0 Å². The van der Waals surface area contributed by atoms with E-state index in [1.807, 2.05) is 0 Å². The topological polar surface area (TPSA) is 89.3 Å². The predicted octanol–water partition coefficient (Wildman–Crippen LogP) is 1.21. The molecule has 1 aromatic heterocycles. The van der Waals surface area contributed by atoms with Crippen molar-refractivity contribution in [1.29, 1.82) is 0 Å². The molecule has 1 saturated heterocycles. The molecule has 1 aliphatic heterocycles. The quantitative estimate of drug-likeness (QED) is 0.755. The number of hydrogen-bond donors (Lipinski definition) is 3. The number of nitrogens with two attached hydrogens (primary N) is 1. The van der Waals surface area contributed by atoms with Gasteiger partial charge in [0.25, 0.3) is 5.91 Å². The summed E-state index contributed by atoms with van der Waals surface area (Å²) in [6.45, 7) is 1.53. The van der Waals surface area contributed by atoms with Crippen molar-refractivity contribution < 1.29 is 9.53 Å². The van der Waals surface area contributed by atoms with Crippen LogP contribution in [-0.4, -0.2) is 35.6 Å². The van der Waals surface area contributed by atoms with E-state index < -0.39 is 0 Å². The van der Waals surface area contributed by atoms with E-state index in [0.29, 0.717) is 24.0 Å². The normalized spacial score (nSPS) is 22.4. The molecule has 1 saturated carbocycles. The standard InChI is InChI=1S/C12H18N4O2S/c13-10-9(11(17)15-7-3-4-7)12(19-16-10)14-6-8-2-1-5-18-8/h7-8,14H,1-6H2,(H2,13,16)(H,15,17). The molecular weight excluding hydrogens is 264 g/mol. The Kier molecular flexibility index (Phi) is 3.56. The second-order valence-electron chi connectivity index (χ2n) is 5.04. The van der Waals surface area contributed by atoms with Gasteiger partial charge in [0.2, 0.25) is 0 Å². The number of rotatable bonds is 5. The van der Waals surface area contributed by atoms with Crippen LogP contribution in [0, 0.1) is 0 Å². The Morgan fingerprint density at radius 2 is 2.32 bits per heavy atom. The van der Waals surface area contributed by atoms with Crippen LogP contribution in [0.2, 0.25) is 0 Å². The van der Waals surface area contributed by atoms with Crippen molar-refractivity contribution in [2.45, 2.75) is 37.8 Å². The molecule has 1 atom stereocenters. The van der Waals surface area contributed by atoms with E-state index in [4.69, 9.17) is 10.5 Å². The van der Waals surface area contributed by atoms with Gasteiger partial charge in [0.1, 0.15) is 10.6 Å². The molecule has 0 radical (unpaired) electrons. The average Bonchev–Trinajstić information content (AvgIpc) is 2.92. The number of aromatic nitrogens is 1. The minimum Gasteiger partial charge on any atom is -0.382 e. The van der Waals surface area contributed by atoms with E-state index in [9.17, 15) is 4.79 Å². The van der Waals surface area contributed by atoms with Crippen molar-refractivity contribution in [3.05, 3.63) is 5.56 Å². The molecule has 1 aromatic rings. The van der Waals surface area contributed by atoms with Crippen LogP contribution in [0.4, 0.5) is 10.8 Å². The van der Waals surface area contributed by atoms with Crippen molar-refractivity contribution in [3.63, 3.8) is 0 Å². The Hall–Kier alpha value is -1.34. The third kappa shape index (κ3) is 2.98. The fourth-order valence-electron chi connectivity index (χ4n) is 2.14. The number of hydrogen-bond acceptors (Lipinski definition) is 6. The lowest BCUT2D eigenvalue weighted by Gasteiger charge is -2.11. The van der Waals surface area contributed by atoms with Crippen LogP contribution < -0.4 is 16.4 Å². The molecule has 6 nitrogen and oxygen atoms in total. The Morgan fingerprint density at radius 1 is 1.47 bits per heavy atom. The molecule has 0 aromatic carbocycles. The fraction of sp³-hybridized carbons (Fsp3) is 0.667. The highest BCUT2D eigenvalue weighted by molar-refractivity contribution is 7.11. The Morgan fingerprint density at radius 3 is 3.00 bits per heavy atom. The summed E-state index contributed by atoms with van der Waals surface area (Å²) in [7, 11) is 0. The Bertz CT molecular complexity index is 466. The lowest BCUT2D eigenvalue weighted by Crippen LogP contribution is -2.27. The van der Waals surface area contributed by atoms with Crippen LogP contribution in [0.3, 0.4) is 0 Å².